The number of aliphatic hydroxyl groups is 1. The molecule has 0 amide bonds. The molecule has 9 heteroatoms. The van der Waals surface area contributed by atoms with Gasteiger partial charge in [-0.15, -0.1) is 0 Å². The van der Waals surface area contributed by atoms with Gasteiger partial charge in [-0.05, 0) is 17.7 Å². The standard InChI is InChI=1S/C18H23N3O5S/c1-3-20(4-2)27(25,26)15-10-11-16(17(12-15)21(23)24)19-13-18(22)14-8-6-5-7-9-14/h5-12,18-19,22H,3-4,13H2,1-2H3/t18-/m1/s1. The molecule has 0 heterocycles. The molecule has 2 rings (SSSR count). The van der Waals surface area contributed by atoms with E-state index < -0.39 is 21.1 Å². The lowest BCUT2D eigenvalue weighted by Gasteiger charge is -2.19. The van der Waals surface area contributed by atoms with Crippen LogP contribution in [0.15, 0.2) is 53.4 Å². The van der Waals surface area contributed by atoms with E-state index in [4.69, 9.17) is 0 Å². The minimum atomic E-state index is -3.80. The highest BCUT2D eigenvalue weighted by Crippen LogP contribution is 2.29. The van der Waals surface area contributed by atoms with Gasteiger partial charge in [0.15, 0.2) is 0 Å². The fourth-order valence-corrected chi connectivity index (χ4v) is 4.16. The van der Waals surface area contributed by atoms with E-state index in [9.17, 15) is 23.6 Å². The van der Waals surface area contributed by atoms with Crippen LogP contribution in [0.2, 0.25) is 0 Å². The summed E-state index contributed by atoms with van der Waals surface area (Å²) in [6, 6.07) is 12.6. The van der Waals surface area contributed by atoms with Crippen LogP contribution in [0.5, 0.6) is 0 Å². The van der Waals surface area contributed by atoms with E-state index in [0.717, 1.165) is 6.07 Å². The van der Waals surface area contributed by atoms with Crippen molar-refractivity contribution in [3.8, 4) is 0 Å². The van der Waals surface area contributed by atoms with Gasteiger partial charge in [-0.1, -0.05) is 44.2 Å². The first-order chi connectivity index (χ1) is 12.8. The van der Waals surface area contributed by atoms with Gasteiger partial charge in [-0.25, -0.2) is 8.42 Å². The van der Waals surface area contributed by atoms with Crippen LogP contribution in [-0.2, 0) is 10.0 Å². The molecule has 0 spiro atoms. The molecule has 0 unspecified atom stereocenters. The van der Waals surface area contributed by atoms with Crippen molar-refractivity contribution in [3.63, 3.8) is 0 Å². The smallest absolute Gasteiger partial charge is 0.293 e. The highest BCUT2D eigenvalue weighted by atomic mass is 32.2. The minimum absolute atomic E-state index is 0.0486. The van der Waals surface area contributed by atoms with E-state index in [1.54, 1.807) is 38.1 Å². The van der Waals surface area contributed by atoms with E-state index in [1.165, 1.54) is 16.4 Å². The molecule has 0 fully saturated rings. The number of hydrogen-bond donors (Lipinski definition) is 2. The Labute approximate surface area is 158 Å². The molecule has 1 atom stereocenters. The third-order valence-corrected chi connectivity index (χ3v) is 6.23. The molecule has 2 aromatic carbocycles. The highest BCUT2D eigenvalue weighted by molar-refractivity contribution is 7.89. The molecule has 2 aromatic rings. The number of nitro benzene ring substituents is 1. The van der Waals surface area contributed by atoms with Crippen LogP contribution in [0.4, 0.5) is 11.4 Å². The third-order valence-electron chi connectivity index (χ3n) is 4.18. The molecule has 0 aliphatic carbocycles. The number of nitrogens with zero attached hydrogens (tertiary/aromatic N) is 2. The number of nitro groups is 1. The van der Waals surface area contributed by atoms with Crippen LogP contribution in [0, 0.1) is 10.1 Å². The number of anilines is 1. The monoisotopic (exact) mass is 393 g/mol. The van der Waals surface area contributed by atoms with Gasteiger partial charge >= 0.3 is 0 Å². The zero-order valence-corrected chi connectivity index (χ0v) is 16.0. The minimum Gasteiger partial charge on any atom is -0.387 e. The largest absolute Gasteiger partial charge is 0.387 e. The van der Waals surface area contributed by atoms with Crippen molar-refractivity contribution >= 4 is 21.4 Å². The summed E-state index contributed by atoms with van der Waals surface area (Å²) >= 11 is 0. The highest BCUT2D eigenvalue weighted by Gasteiger charge is 2.25. The maximum absolute atomic E-state index is 12.6. The first-order valence-electron chi connectivity index (χ1n) is 8.56. The van der Waals surface area contributed by atoms with E-state index in [0.29, 0.717) is 5.56 Å². The zero-order chi connectivity index (χ0) is 20.0. The van der Waals surface area contributed by atoms with Crippen molar-refractivity contribution in [2.24, 2.45) is 0 Å². The molecule has 0 bridgehead atoms. The Hall–Kier alpha value is -2.49. The molecule has 146 valence electrons. The van der Waals surface area contributed by atoms with Crippen LogP contribution >= 0.6 is 0 Å². The van der Waals surface area contributed by atoms with Crippen molar-refractivity contribution in [1.29, 1.82) is 0 Å². The second kappa shape index (κ2) is 8.94. The first-order valence-corrected chi connectivity index (χ1v) is 10.0. The normalized spacial score (nSPS) is 12.7. The molecule has 0 aliphatic heterocycles. The second-order valence-electron chi connectivity index (χ2n) is 5.83. The topological polar surface area (TPSA) is 113 Å². The Kier molecular flexibility index (Phi) is 6.89. The van der Waals surface area contributed by atoms with Gasteiger partial charge in [-0.3, -0.25) is 10.1 Å². The quantitative estimate of drug-likeness (QED) is 0.500. The lowest BCUT2D eigenvalue weighted by Crippen LogP contribution is -2.30. The Morgan fingerprint density at radius 1 is 1.15 bits per heavy atom. The predicted molar refractivity (Wildman–Crippen MR) is 103 cm³/mol. The molecular formula is C18H23N3O5S. The lowest BCUT2D eigenvalue weighted by atomic mass is 10.1. The molecule has 0 saturated heterocycles. The molecule has 8 nitrogen and oxygen atoms in total. The number of aliphatic hydroxyl groups excluding tert-OH is 1. The number of rotatable bonds is 9. The Morgan fingerprint density at radius 2 is 1.78 bits per heavy atom. The molecule has 2 N–H and O–H groups in total. The van der Waals surface area contributed by atoms with Gasteiger partial charge in [0.1, 0.15) is 5.69 Å². The molecule has 0 aromatic heterocycles. The van der Waals surface area contributed by atoms with Crippen LogP contribution in [0.25, 0.3) is 0 Å². The Balaban J connectivity index is 2.27. The Bertz CT molecular complexity index is 883. The van der Waals surface area contributed by atoms with Crippen molar-refractivity contribution in [3.05, 3.63) is 64.2 Å². The van der Waals surface area contributed by atoms with Crippen molar-refractivity contribution in [2.75, 3.05) is 25.0 Å². The summed E-state index contributed by atoms with van der Waals surface area (Å²) in [5.74, 6) is 0. The van der Waals surface area contributed by atoms with Crippen LogP contribution in [0.1, 0.15) is 25.5 Å². The van der Waals surface area contributed by atoms with E-state index >= 15 is 0 Å². The zero-order valence-electron chi connectivity index (χ0n) is 15.2. The number of hydrogen-bond acceptors (Lipinski definition) is 6. The van der Waals surface area contributed by atoms with Crippen LogP contribution < -0.4 is 5.32 Å². The predicted octanol–water partition coefficient (Wildman–Crippen LogP) is 2.77. The van der Waals surface area contributed by atoms with Gasteiger partial charge in [0, 0.05) is 25.7 Å². The van der Waals surface area contributed by atoms with Crippen molar-refractivity contribution in [2.45, 2.75) is 24.8 Å². The molecule has 0 radical (unpaired) electrons. The summed E-state index contributed by atoms with van der Waals surface area (Å²) in [5.41, 5.74) is 0.463. The lowest BCUT2D eigenvalue weighted by molar-refractivity contribution is -0.384. The number of sulfonamides is 1. The summed E-state index contributed by atoms with van der Waals surface area (Å²) in [6.45, 7) is 4.01. The van der Waals surface area contributed by atoms with E-state index in [1.807, 2.05) is 6.07 Å². The van der Waals surface area contributed by atoms with Gasteiger partial charge in [0.2, 0.25) is 10.0 Å². The van der Waals surface area contributed by atoms with Crippen molar-refractivity contribution in [1.82, 2.24) is 4.31 Å². The molecular weight excluding hydrogens is 370 g/mol. The summed E-state index contributed by atoms with van der Waals surface area (Å²) in [5, 5.41) is 24.4. The van der Waals surface area contributed by atoms with E-state index in [2.05, 4.69) is 5.32 Å². The summed E-state index contributed by atoms with van der Waals surface area (Å²) in [4.78, 5) is 10.6. The van der Waals surface area contributed by atoms with E-state index in [-0.39, 0.29) is 35.9 Å². The maximum atomic E-state index is 12.6. The summed E-state index contributed by atoms with van der Waals surface area (Å²) < 4.78 is 26.4. The van der Waals surface area contributed by atoms with Crippen LogP contribution in [-0.4, -0.2) is 42.4 Å². The second-order valence-corrected chi connectivity index (χ2v) is 7.77. The third kappa shape index (κ3) is 4.82. The maximum Gasteiger partial charge on any atom is 0.293 e. The van der Waals surface area contributed by atoms with Gasteiger partial charge in [0.05, 0.1) is 15.9 Å². The number of benzene rings is 2. The van der Waals surface area contributed by atoms with Gasteiger partial charge in [0.25, 0.3) is 5.69 Å². The summed E-state index contributed by atoms with van der Waals surface area (Å²) in [7, 11) is -3.80. The molecule has 0 aliphatic rings. The van der Waals surface area contributed by atoms with Gasteiger partial charge < -0.3 is 10.4 Å². The SMILES string of the molecule is CCN(CC)S(=O)(=O)c1ccc(NC[C@@H](O)c2ccccc2)c([N+](=O)[O-])c1. The summed E-state index contributed by atoms with van der Waals surface area (Å²) in [6.07, 6.45) is -0.857. The molecule has 27 heavy (non-hydrogen) atoms. The number of nitrogens with one attached hydrogen (secondary N) is 1. The average Bonchev–Trinajstić information content (AvgIpc) is 2.67. The fourth-order valence-electron chi connectivity index (χ4n) is 2.68. The van der Waals surface area contributed by atoms with Gasteiger partial charge in [-0.2, -0.15) is 4.31 Å². The van der Waals surface area contributed by atoms with Crippen LogP contribution in [0.3, 0.4) is 0 Å². The fraction of sp³-hybridized carbons (Fsp3) is 0.333. The Morgan fingerprint density at radius 3 is 2.33 bits per heavy atom. The van der Waals surface area contributed by atoms with Crippen molar-refractivity contribution < 1.29 is 18.4 Å². The molecule has 0 saturated carbocycles. The first kappa shape index (κ1) is 20.8. The average molecular weight is 393 g/mol.